The molecular weight excluding hydrogens is 238 g/mol. The van der Waals surface area contributed by atoms with Crippen molar-refractivity contribution >= 4 is 17.4 Å². The summed E-state index contributed by atoms with van der Waals surface area (Å²) in [6.45, 7) is 3.95. The van der Waals surface area contributed by atoms with Crippen LogP contribution in [0, 0.1) is 13.8 Å². The highest BCUT2D eigenvalue weighted by atomic mass is 16.1. The monoisotopic (exact) mass is 255 g/mol. The van der Waals surface area contributed by atoms with Crippen LogP contribution in [-0.2, 0) is 0 Å². The Balaban J connectivity index is 2.31. The zero-order valence-corrected chi connectivity index (χ0v) is 11.3. The van der Waals surface area contributed by atoms with Crippen LogP contribution in [0.1, 0.15) is 21.5 Å². The zero-order valence-electron chi connectivity index (χ0n) is 11.3. The molecule has 0 aliphatic rings. The van der Waals surface area contributed by atoms with E-state index in [1.807, 2.05) is 32.0 Å². The van der Waals surface area contributed by atoms with Crippen LogP contribution < -0.4 is 10.6 Å². The van der Waals surface area contributed by atoms with Crippen molar-refractivity contribution in [1.29, 1.82) is 0 Å². The van der Waals surface area contributed by atoms with E-state index in [9.17, 15) is 4.79 Å². The van der Waals surface area contributed by atoms with Crippen molar-refractivity contribution in [3.63, 3.8) is 0 Å². The number of nitrogens with zero attached hydrogens (tertiary/aromatic N) is 1. The Labute approximate surface area is 112 Å². The van der Waals surface area contributed by atoms with Gasteiger partial charge in [-0.05, 0) is 37.1 Å². The van der Waals surface area contributed by atoms with Crippen molar-refractivity contribution < 1.29 is 4.79 Å². The topological polar surface area (TPSA) is 54.0 Å². The minimum atomic E-state index is -0.158. The molecule has 0 unspecified atom stereocenters. The van der Waals surface area contributed by atoms with Crippen LogP contribution in [0.2, 0.25) is 0 Å². The molecule has 1 aromatic heterocycles. The fourth-order valence-electron chi connectivity index (χ4n) is 1.98. The van der Waals surface area contributed by atoms with Crippen molar-refractivity contribution in [3.8, 4) is 0 Å². The second-order valence-corrected chi connectivity index (χ2v) is 4.37. The van der Waals surface area contributed by atoms with Crippen molar-refractivity contribution in [2.75, 3.05) is 17.7 Å². The van der Waals surface area contributed by atoms with Crippen LogP contribution in [0.15, 0.2) is 36.5 Å². The summed E-state index contributed by atoms with van der Waals surface area (Å²) in [5.41, 5.74) is 3.48. The summed E-state index contributed by atoms with van der Waals surface area (Å²) in [6, 6.07) is 9.43. The molecule has 1 amide bonds. The highest BCUT2D eigenvalue weighted by molar-refractivity contribution is 6.08. The van der Waals surface area contributed by atoms with Crippen LogP contribution >= 0.6 is 0 Å². The molecule has 0 radical (unpaired) electrons. The quantitative estimate of drug-likeness (QED) is 0.886. The maximum Gasteiger partial charge on any atom is 0.259 e. The van der Waals surface area contributed by atoms with E-state index in [0.717, 1.165) is 16.8 Å². The van der Waals surface area contributed by atoms with Crippen molar-refractivity contribution in [2.24, 2.45) is 0 Å². The average molecular weight is 255 g/mol. The summed E-state index contributed by atoms with van der Waals surface area (Å²) in [5.74, 6) is 0.418. The maximum absolute atomic E-state index is 12.3. The van der Waals surface area contributed by atoms with E-state index in [1.54, 1.807) is 25.4 Å². The number of aryl methyl sites for hydroxylation is 2. The van der Waals surface area contributed by atoms with E-state index in [4.69, 9.17) is 0 Å². The Morgan fingerprint density at radius 1 is 1.11 bits per heavy atom. The van der Waals surface area contributed by atoms with E-state index in [2.05, 4.69) is 15.6 Å². The predicted octanol–water partition coefficient (Wildman–Crippen LogP) is 2.99. The van der Waals surface area contributed by atoms with Gasteiger partial charge in [0.15, 0.2) is 0 Å². The molecule has 0 atom stereocenters. The molecule has 1 heterocycles. The van der Waals surface area contributed by atoms with Gasteiger partial charge in [0.25, 0.3) is 5.91 Å². The average Bonchev–Trinajstić information content (AvgIpc) is 2.42. The van der Waals surface area contributed by atoms with E-state index in [0.29, 0.717) is 11.4 Å². The van der Waals surface area contributed by atoms with Gasteiger partial charge in [-0.1, -0.05) is 18.2 Å². The van der Waals surface area contributed by atoms with Gasteiger partial charge in [0.05, 0.1) is 5.56 Å². The lowest BCUT2D eigenvalue weighted by Crippen LogP contribution is -2.16. The second kappa shape index (κ2) is 5.52. The molecular formula is C15H17N3O. The number of carbonyl (C=O) groups is 1. The summed E-state index contributed by atoms with van der Waals surface area (Å²) in [4.78, 5) is 16.4. The highest BCUT2D eigenvalue weighted by Crippen LogP contribution is 2.21. The van der Waals surface area contributed by atoms with Crippen LogP contribution in [0.3, 0.4) is 0 Å². The number of anilines is 2. The molecule has 0 spiro atoms. The third-order valence-corrected chi connectivity index (χ3v) is 3.01. The Bertz CT molecular complexity index is 588. The summed E-state index contributed by atoms with van der Waals surface area (Å²) < 4.78 is 0. The molecule has 0 fully saturated rings. The molecule has 0 bridgehead atoms. The molecule has 2 rings (SSSR count). The lowest BCUT2D eigenvalue weighted by molar-refractivity contribution is 0.102. The minimum absolute atomic E-state index is 0.158. The van der Waals surface area contributed by atoms with E-state index in [1.165, 1.54) is 0 Å². The Hall–Kier alpha value is -2.36. The predicted molar refractivity (Wildman–Crippen MR) is 77.7 cm³/mol. The van der Waals surface area contributed by atoms with Gasteiger partial charge in [-0.2, -0.15) is 0 Å². The number of pyridine rings is 1. The van der Waals surface area contributed by atoms with Crippen LogP contribution in [0.25, 0.3) is 0 Å². The molecule has 1 aromatic carbocycles. The standard InChI is InChI=1S/C15H17N3O/c1-10-6-4-7-11(2)13(10)18-15(19)12-8-5-9-17-14(12)16-3/h4-9H,1-3H3,(H,16,17)(H,18,19). The van der Waals surface area contributed by atoms with Crippen molar-refractivity contribution in [2.45, 2.75) is 13.8 Å². The van der Waals surface area contributed by atoms with Gasteiger partial charge in [0, 0.05) is 18.9 Å². The molecule has 19 heavy (non-hydrogen) atoms. The molecule has 4 heteroatoms. The molecule has 4 nitrogen and oxygen atoms in total. The largest absolute Gasteiger partial charge is 0.372 e. The van der Waals surface area contributed by atoms with E-state index >= 15 is 0 Å². The Kier molecular flexibility index (Phi) is 3.80. The molecule has 98 valence electrons. The zero-order chi connectivity index (χ0) is 13.8. The van der Waals surface area contributed by atoms with Gasteiger partial charge < -0.3 is 10.6 Å². The summed E-state index contributed by atoms with van der Waals surface area (Å²) in [7, 11) is 1.75. The molecule has 0 saturated heterocycles. The summed E-state index contributed by atoms with van der Waals surface area (Å²) in [6.07, 6.45) is 1.65. The molecule has 0 aliphatic heterocycles. The van der Waals surface area contributed by atoms with Gasteiger partial charge in [0.2, 0.25) is 0 Å². The number of para-hydroxylation sites is 1. The highest BCUT2D eigenvalue weighted by Gasteiger charge is 2.13. The first-order valence-electron chi connectivity index (χ1n) is 6.14. The Morgan fingerprint density at radius 3 is 2.42 bits per heavy atom. The summed E-state index contributed by atoms with van der Waals surface area (Å²) in [5, 5.41) is 5.87. The fourth-order valence-corrected chi connectivity index (χ4v) is 1.98. The minimum Gasteiger partial charge on any atom is -0.372 e. The SMILES string of the molecule is CNc1ncccc1C(=O)Nc1c(C)cccc1C. The number of rotatable bonds is 3. The van der Waals surface area contributed by atoms with Crippen molar-refractivity contribution in [3.05, 3.63) is 53.2 Å². The number of benzene rings is 1. The number of hydrogen-bond donors (Lipinski definition) is 2. The number of aromatic nitrogens is 1. The first-order valence-corrected chi connectivity index (χ1v) is 6.14. The van der Waals surface area contributed by atoms with Crippen molar-refractivity contribution in [1.82, 2.24) is 4.98 Å². The molecule has 0 saturated carbocycles. The third-order valence-electron chi connectivity index (χ3n) is 3.01. The van der Waals surface area contributed by atoms with Gasteiger partial charge in [-0.15, -0.1) is 0 Å². The van der Waals surface area contributed by atoms with E-state index < -0.39 is 0 Å². The second-order valence-electron chi connectivity index (χ2n) is 4.37. The van der Waals surface area contributed by atoms with Gasteiger partial charge in [-0.3, -0.25) is 4.79 Å². The lowest BCUT2D eigenvalue weighted by Gasteiger charge is -2.12. The number of hydrogen-bond acceptors (Lipinski definition) is 3. The van der Waals surface area contributed by atoms with Crippen LogP contribution in [-0.4, -0.2) is 17.9 Å². The summed E-state index contributed by atoms with van der Waals surface area (Å²) >= 11 is 0. The maximum atomic E-state index is 12.3. The smallest absolute Gasteiger partial charge is 0.259 e. The Morgan fingerprint density at radius 2 is 1.79 bits per heavy atom. The lowest BCUT2D eigenvalue weighted by atomic mass is 10.1. The third kappa shape index (κ3) is 2.73. The first kappa shape index (κ1) is 13.1. The first-order chi connectivity index (χ1) is 9.13. The van der Waals surface area contributed by atoms with Gasteiger partial charge in [0.1, 0.15) is 5.82 Å². The molecule has 0 aliphatic carbocycles. The normalized spacial score (nSPS) is 10.1. The molecule has 2 N–H and O–H groups in total. The number of nitrogens with one attached hydrogen (secondary N) is 2. The van der Waals surface area contributed by atoms with Crippen LogP contribution in [0.5, 0.6) is 0 Å². The van der Waals surface area contributed by atoms with Crippen LogP contribution in [0.4, 0.5) is 11.5 Å². The van der Waals surface area contributed by atoms with Gasteiger partial charge >= 0.3 is 0 Å². The fraction of sp³-hybridized carbons (Fsp3) is 0.200. The van der Waals surface area contributed by atoms with E-state index in [-0.39, 0.29) is 5.91 Å². The number of amides is 1. The molecule has 2 aromatic rings. The van der Waals surface area contributed by atoms with Gasteiger partial charge in [-0.25, -0.2) is 4.98 Å². The number of carbonyl (C=O) groups excluding carboxylic acids is 1.